The van der Waals surface area contributed by atoms with Crippen LogP contribution < -0.4 is 10.2 Å². The van der Waals surface area contributed by atoms with E-state index in [1.54, 1.807) is 6.20 Å². The van der Waals surface area contributed by atoms with E-state index in [0.29, 0.717) is 12.1 Å². The molecule has 0 radical (unpaired) electrons. The minimum atomic E-state index is -0.0798. The Balaban J connectivity index is 1.63. The van der Waals surface area contributed by atoms with Crippen molar-refractivity contribution in [3.63, 3.8) is 0 Å². The van der Waals surface area contributed by atoms with E-state index < -0.39 is 0 Å². The van der Waals surface area contributed by atoms with Gasteiger partial charge in [0.15, 0.2) is 5.65 Å². The van der Waals surface area contributed by atoms with Crippen LogP contribution in [0.5, 0.6) is 0 Å². The van der Waals surface area contributed by atoms with Gasteiger partial charge in [0, 0.05) is 37.1 Å². The Morgan fingerprint density at radius 2 is 1.87 bits per heavy atom. The lowest BCUT2D eigenvalue weighted by atomic mass is 10.0. The third-order valence-corrected chi connectivity index (χ3v) is 5.79. The van der Waals surface area contributed by atoms with E-state index in [-0.39, 0.29) is 17.9 Å². The van der Waals surface area contributed by atoms with Gasteiger partial charge in [0.2, 0.25) is 0 Å². The fourth-order valence-electron chi connectivity index (χ4n) is 4.10. The number of hydrogen-bond acceptors (Lipinski definition) is 4. The third kappa shape index (κ3) is 3.91. The number of amides is 1. The monoisotopic (exact) mass is 405 g/mol. The van der Waals surface area contributed by atoms with Crippen molar-refractivity contribution in [1.82, 2.24) is 20.1 Å². The smallest absolute Gasteiger partial charge is 0.252 e. The summed E-state index contributed by atoms with van der Waals surface area (Å²) in [6.07, 6.45) is 4.22. The molecule has 158 valence electrons. The van der Waals surface area contributed by atoms with Crippen LogP contribution in [0.25, 0.3) is 11.0 Å². The van der Waals surface area contributed by atoms with Gasteiger partial charge in [0.05, 0.1) is 17.1 Å². The summed E-state index contributed by atoms with van der Waals surface area (Å²) in [4.78, 5) is 20.4. The Morgan fingerprint density at radius 1 is 1.13 bits per heavy atom. The Morgan fingerprint density at radius 3 is 2.57 bits per heavy atom. The van der Waals surface area contributed by atoms with Gasteiger partial charge in [-0.3, -0.25) is 4.79 Å². The second kappa shape index (κ2) is 8.46. The maximum Gasteiger partial charge on any atom is 0.252 e. The van der Waals surface area contributed by atoms with E-state index >= 15 is 0 Å². The first-order valence-corrected chi connectivity index (χ1v) is 10.9. The number of nitrogens with zero attached hydrogens (tertiary/aromatic N) is 4. The summed E-state index contributed by atoms with van der Waals surface area (Å²) in [5.41, 5.74) is 4.71. The summed E-state index contributed by atoms with van der Waals surface area (Å²) in [6.45, 7) is 11.0. The average Bonchev–Trinajstić information content (AvgIpc) is 3.41. The van der Waals surface area contributed by atoms with Crippen molar-refractivity contribution in [3.05, 3.63) is 53.3 Å². The number of pyridine rings is 1. The number of rotatable bonds is 6. The lowest BCUT2D eigenvalue weighted by Gasteiger charge is -2.21. The molecule has 6 heteroatoms. The van der Waals surface area contributed by atoms with E-state index in [9.17, 15) is 4.79 Å². The van der Waals surface area contributed by atoms with Crippen molar-refractivity contribution in [2.24, 2.45) is 0 Å². The summed E-state index contributed by atoms with van der Waals surface area (Å²) in [5, 5.41) is 8.44. The van der Waals surface area contributed by atoms with Gasteiger partial charge in [0.25, 0.3) is 5.91 Å². The fourth-order valence-corrected chi connectivity index (χ4v) is 4.10. The highest BCUT2D eigenvalue weighted by atomic mass is 16.1. The number of carbonyl (C=O) groups excluding carboxylic acids is 1. The van der Waals surface area contributed by atoms with Crippen molar-refractivity contribution in [2.45, 2.75) is 59.0 Å². The zero-order valence-electron chi connectivity index (χ0n) is 18.4. The van der Waals surface area contributed by atoms with Crippen molar-refractivity contribution in [2.75, 3.05) is 18.0 Å². The topological polar surface area (TPSA) is 63.1 Å². The van der Waals surface area contributed by atoms with Crippen LogP contribution in [0, 0.1) is 0 Å². The first kappa shape index (κ1) is 20.4. The van der Waals surface area contributed by atoms with Gasteiger partial charge in [-0.2, -0.15) is 5.10 Å². The predicted octanol–water partition coefficient (Wildman–Crippen LogP) is 4.67. The van der Waals surface area contributed by atoms with E-state index in [1.807, 2.05) is 16.8 Å². The highest BCUT2D eigenvalue weighted by molar-refractivity contribution is 6.05. The highest BCUT2D eigenvalue weighted by Crippen LogP contribution is 2.26. The van der Waals surface area contributed by atoms with Crippen LogP contribution in [-0.2, 0) is 6.54 Å². The van der Waals surface area contributed by atoms with Crippen LogP contribution in [0.15, 0.2) is 36.5 Å². The molecule has 0 bridgehead atoms. The molecule has 2 aromatic heterocycles. The molecule has 1 amide bonds. The van der Waals surface area contributed by atoms with E-state index in [4.69, 9.17) is 4.98 Å². The van der Waals surface area contributed by atoms with Crippen LogP contribution >= 0.6 is 0 Å². The molecule has 1 aromatic carbocycles. The second-order valence-corrected chi connectivity index (χ2v) is 8.68. The SMILES string of the molecule is CC(C)c1cc(C(=O)NCc2ccccc2N2CCCC2)c2cnn(C(C)C)c2n1. The Bertz CT molecular complexity index is 1050. The van der Waals surface area contributed by atoms with Crippen molar-refractivity contribution < 1.29 is 4.79 Å². The molecule has 4 rings (SSSR count). The summed E-state index contributed by atoms with van der Waals surface area (Å²) in [6, 6.07) is 10.5. The molecule has 1 fully saturated rings. The van der Waals surface area contributed by atoms with Gasteiger partial charge < -0.3 is 10.2 Å². The molecule has 30 heavy (non-hydrogen) atoms. The number of para-hydroxylation sites is 1. The molecule has 0 unspecified atom stereocenters. The summed E-state index contributed by atoms with van der Waals surface area (Å²) < 4.78 is 1.89. The zero-order valence-corrected chi connectivity index (χ0v) is 18.4. The third-order valence-electron chi connectivity index (χ3n) is 5.79. The molecule has 1 saturated heterocycles. The van der Waals surface area contributed by atoms with E-state index in [2.05, 4.69) is 61.2 Å². The normalized spacial score (nSPS) is 14.3. The molecule has 0 atom stereocenters. The van der Waals surface area contributed by atoms with Gasteiger partial charge in [-0.1, -0.05) is 32.0 Å². The van der Waals surface area contributed by atoms with Crippen LogP contribution in [0.4, 0.5) is 5.69 Å². The van der Waals surface area contributed by atoms with Gasteiger partial charge in [-0.25, -0.2) is 9.67 Å². The maximum absolute atomic E-state index is 13.2. The fraction of sp³-hybridized carbons (Fsp3) is 0.458. The molecular weight excluding hydrogens is 374 g/mol. The molecule has 1 N–H and O–H groups in total. The lowest BCUT2D eigenvalue weighted by Crippen LogP contribution is -2.26. The predicted molar refractivity (Wildman–Crippen MR) is 121 cm³/mol. The molecule has 0 saturated carbocycles. The quantitative estimate of drug-likeness (QED) is 0.647. The van der Waals surface area contributed by atoms with Gasteiger partial charge in [0.1, 0.15) is 0 Å². The van der Waals surface area contributed by atoms with Gasteiger partial charge in [-0.15, -0.1) is 0 Å². The largest absolute Gasteiger partial charge is 0.371 e. The molecular formula is C24H31N5O. The standard InChI is InChI=1S/C24H31N5O/c1-16(2)21-13-19(20-15-26-29(17(3)4)23(20)27-21)24(30)25-14-18-9-5-6-10-22(18)28-11-7-8-12-28/h5-6,9-10,13,15-17H,7-8,11-12,14H2,1-4H3,(H,25,30). The number of carbonyl (C=O) groups is 1. The average molecular weight is 406 g/mol. The Hall–Kier alpha value is -2.89. The van der Waals surface area contributed by atoms with Crippen molar-refractivity contribution in [3.8, 4) is 0 Å². The number of aromatic nitrogens is 3. The molecule has 3 aromatic rings. The molecule has 1 aliphatic heterocycles. The first-order valence-electron chi connectivity index (χ1n) is 10.9. The molecule has 6 nitrogen and oxygen atoms in total. The molecule has 0 spiro atoms. The van der Waals surface area contributed by atoms with Crippen LogP contribution in [0.1, 0.15) is 74.1 Å². The van der Waals surface area contributed by atoms with Crippen LogP contribution in [-0.4, -0.2) is 33.8 Å². The number of fused-ring (bicyclic) bond motifs is 1. The van der Waals surface area contributed by atoms with Gasteiger partial charge in [-0.05, 0) is 50.3 Å². The second-order valence-electron chi connectivity index (χ2n) is 8.68. The Labute approximate surface area is 178 Å². The minimum absolute atomic E-state index is 0.0798. The molecule has 3 heterocycles. The van der Waals surface area contributed by atoms with Crippen LogP contribution in [0.3, 0.4) is 0 Å². The van der Waals surface area contributed by atoms with Gasteiger partial charge >= 0.3 is 0 Å². The number of nitrogens with one attached hydrogen (secondary N) is 1. The summed E-state index contributed by atoms with van der Waals surface area (Å²) in [5.74, 6) is 0.149. The zero-order chi connectivity index (χ0) is 21.3. The van der Waals surface area contributed by atoms with Crippen LogP contribution in [0.2, 0.25) is 0 Å². The number of anilines is 1. The number of hydrogen-bond donors (Lipinski definition) is 1. The van der Waals surface area contributed by atoms with Crippen molar-refractivity contribution >= 4 is 22.6 Å². The maximum atomic E-state index is 13.2. The molecule has 1 aliphatic rings. The Kier molecular flexibility index (Phi) is 5.75. The van der Waals surface area contributed by atoms with Crippen molar-refractivity contribution in [1.29, 1.82) is 0 Å². The minimum Gasteiger partial charge on any atom is -0.371 e. The summed E-state index contributed by atoms with van der Waals surface area (Å²) in [7, 11) is 0. The highest BCUT2D eigenvalue weighted by Gasteiger charge is 2.20. The first-order chi connectivity index (χ1) is 14.5. The summed E-state index contributed by atoms with van der Waals surface area (Å²) >= 11 is 0. The molecule has 0 aliphatic carbocycles. The number of benzene rings is 1. The van der Waals surface area contributed by atoms with E-state index in [1.165, 1.54) is 18.5 Å². The van der Waals surface area contributed by atoms with E-state index in [0.717, 1.165) is 35.4 Å². The lowest BCUT2D eigenvalue weighted by molar-refractivity contribution is 0.0952.